The fourth-order valence-corrected chi connectivity index (χ4v) is 11.3. The van der Waals surface area contributed by atoms with E-state index in [1.807, 2.05) is 52.5 Å². The van der Waals surface area contributed by atoms with E-state index in [1.54, 1.807) is 48.5 Å². The second-order valence-electron chi connectivity index (χ2n) is 19.0. The van der Waals surface area contributed by atoms with Crippen LogP contribution in [0.15, 0.2) is 107 Å². The van der Waals surface area contributed by atoms with Crippen molar-refractivity contribution < 1.29 is 54.8 Å². The van der Waals surface area contributed by atoms with Gasteiger partial charge >= 0.3 is 6.03 Å². The first-order valence-electron chi connectivity index (χ1n) is 25.8. The first-order valence-corrected chi connectivity index (χ1v) is 28.9. The molecule has 17 nitrogen and oxygen atoms in total. The van der Waals surface area contributed by atoms with Crippen molar-refractivity contribution in [2.24, 2.45) is 0 Å². The number of amides is 2. The summed E-state index contributed by atoms with van der Waals surface area (Å²) < 4.78 is 89.1. The van der Waals surface area contributed by atoms with E-state index in [0.717, 1.165) is 43.2 Å². The van der Waals surface area contributed by atoms with Gasteiger partial charge in [0.2, 0.25) is 10.0 Å². The van der Waals surface area contributed by atoms with Crippen LogP contribution in [0, 0.1) is 0 Å². The molecule has 0 saturated heterocycles. The number of fused-ring (bicyclic) bond motifs is 2. The minimum Gasteiger partial charge on any atom is -0.484 e. The van der Waals surface area contributed by atoms with Crippen molar-refractivity contribution in [1.82, 2.24) is 25.2 Å². The third-order valence-corrected chi connectivity index (χ3v) is 16.4. The van der Waals surface area contributed by atoms with Gasteiger partial charge in [0.25, 0.3) is 0 Å². The normalized spacial score (nSPS) is 17.3. The average molecular weight is 1060 g/mol. The molecule has 0 aromatic heterocycles. The van der Waals surface area contributed by atoms with E-state index in [2.05, 4.69) is 49.4 Å². The van der Waals surface area contributed by atoms with E-state index in [1.165, 1.54) is 11.1 Å². The Labute approximate surface area is 438 Å². The van der Waals surface area contributed by atoms with Gasteiger partial charge < -0.3 is 48.9 Å². The van der Waals surface area contributed by atoms with E-state index in [-0.39, 0.29) is 71.4 Å². The number of sulfonamides is 1. The van der Waals surface area contributed by atoms with Crippen molar-refractivity contribution in [1.29, 1.82) is 0 Å². The Morgan fingerprint density at radius 1 is 0.514 bits per heavy atom. The zero-order chi connectivity index (χ0) is 52.8. The maximum atomic E-state index is 13.0. The Morgan fingerprint density at radius 2 is 0.986 bits per heavy atom. The molecule has 0 saturated carbocycles. The van der Waals surface area contributed by atoms with Crippen LogP contribution in [0.2, 0.25) is 0 Å². The molecule has 0 radical (unpaired) electrons. The summed E-state index contributed by atoms with van der Waals surface area (Å²) in [4.78, 5) is 29.1. The molecule has 4 atom stereocenters. The molecule has 3 N–H and O–H groups in total. The Morgan fingerprint density at radius 3 is 1.54 bits per heavy atom. The number of unbranched alkanes of at least 4 members (excludes halogenated alkanes) is 2. The summed E-state index contributed by atoms with van der Waals surface area (Å²) >= 11 is 0. The fraction of sp³-hybridized carbons (Fsp3) is 0.527. The van der Waals surface area contributed by atoms with Gasteiger partial charge in [-0.3, -0.25) is 4.79 Å². The zero-order valence-corrected chi connectivity index (χ0v) is 45.1. The van der Waals surface area contributed by atoms with Crippen LogP contribution in [0.1, 0.15) is 79.4 Å². The Kier molecular flexibility index (Phi) is 23.6. The quantitative estimate of drug-likeness (QED) is 0.0433. The highest BCUT2D eigenvalue weighted by Crippen LogP contribution is 2.39. The van der Waals surface area contributed by atoms with Gasteiger partial charge in [-0.2, -0.15) is 0 Å². The number of urea groups is 1. The largest absolute Gasteiger partial charge is 0.484 e. The molecule has 19 heteroatoms. The summed E-state index contributed by atoms with van der Waals surface area (Å²) in [6.07, 6.45) is 5.70. The number of Topliss-reactive ketones (excluding diaryl/α,β-unsaturated/α-hetero) is 1. The van der Waals surface area contributed by atoms with Gasteiger partial charge in [-0.05, 0) is 138 Å². The minimum atomic E-state index is -3.72. The van der Waals surface area contributed by atoms with Crippen molar-refractivity contribution in [3.05, 3.63) is 119 Å². The predicted octanol–water partition coefficient (Wildman–Crippen LogP) is 6.32. The van der Waals surface area contributed by atoms with Crippen LogP contribution >= 0.6 is 0 Å². The maximum Gasteiger partial charge on any atom is 0.314 e. The van der Waals surface area contributed by atoms with Crippen molar-refractivity contribution in [3.63, 3.8) is 0 Å². The van der Waals surface area contributed by atoms with E-state index >= 15 is 0 Å². The van der Waals surface area contributed by atoms with Crippen molar-refractivity contribution in [3.8, 4) is 11.5 Å². The summed E-state index contributed by atoms with van der Waals surface area (Å²) in [5.41, 5.74) is 4.84. The SMILES string of the molecule is CN(C)[C@H]1Cc2ccccc2[C@@H]1Oc1ccc(S(=O)(=O)CCCOCCOCCNC(=O)NCCCCCC(=O)CCCOCCOCCNS(=O)(=O)c2ccc(O[C@H]3c4ccccc4C[C@@H]3N(C)C)cc2)cc1. The van der Waals surface area contributed by atoms with Crippen LogP contribution in [0.5, 0.6) is 11.5 Å². The second kappa shape index (κ2) is 30.0. The lowest BCUT2D eigenvalue weighted by molar-refractivity contribution is -0.119. The standard InChI is InChI=1S/C55H77N5O12S2/c1-59(2)51-40-42-14-7-9-18-49(42)53(51)71-45-20-24-47(25-21-45)73(63,64)39-13-32-68-36-37-69-33-29-57-55(62)56-28-11-5-6-16-44(61)17-12-31-67-35-38-70-34-30-58-74(65,66)48-26-22-46(23-27-48)72-54-50-19-10-8-15-43(50)41-52(54)60(3)4/h7-10,14-15,18-27,51-54,58H,5-6,11-13,16-17,28-41H2,1-4H3,(H2,56,57,62)/t51-,52-,53-,54-/m0/s1. The lowest BCUT2D eigenvalue weighted by Gasteiger charge is -2.27. The molecule has 0 bridgehead atoms. The third-order valence-electron chi connectivity index (χ3n) is 13.1. The van der Waals surface area contributed by atoms with Crippen LogP contribution in [-0.2, 0) is 56.4 Å². The number of sulfone groups is 1. The van der Waals surface area contributed by atoms with Crippen molar-refractivity contribution in [2.75, 3.05) is 106 Å². The van der Waals surface area contributed by atoms with Crippen LogP contribution in [0.3, 0.4) is 0 Å². The molecule has 74 heavy (non-hydrogen) atoms. The molecular formula is C55H77N5O12S2. The van der Waals surface area contributed by atoms with Gasteiger partial charge in [0.05, 0.1) is 67.3 Å². The highest BCUT2D eigenvalue weighted by molar-refractivity contribution is 7.91. The molecule has 0 unspecified atom stereocenters. The Bertz CT molecular complexity index is 2390. The highest BCUT2D eigenvalue weighted by Gasteiger charge is 2.37. The van der Waals surface area contributed by atoms with E-state index in [0.29, 0.717) is 89.9 Å². The van der Waals surface area contributed by atoms with Gasteiger partial charge in [-0.25, -0.2) is 26.4 Å². The Hall–Kier alpha value is -4.96. The number of carbonyl (C=O) groups is 2. The maximum absolute atomic E-state index is 13.0. The highest BCUT2D eigenvalue weighted by atomic mass is 32.2. The van der Waals surface area contributed by atoms with Gasteiger partial charge in [0.1, 0.15) is 29.5 Å². The molecule has 6 rings (SSSR count). The average Bonchev–Trinajstić information content (AvgIpc) is 3.95. The van der Waals surface area contributed by atoms with Gasteiger partial charge in [0, 0.05) is 45.7 Å². The first kappa shape index (κ1) is 58.3. The molecular weight excluding hydrogens is 987 g/mol. The number of nitrogens with one attached hydrogen (secondary N) is 3. The molecule has 0 aliphatic heterocycles. The molecule has 0 heterocycles. The molecule has 4 aromatic rings. The van der Waals surface area contributed by atoms with Crippen molar-refractivity contribution in [2.45, 2.75) is 91.9 Å². The van der Waals surface area contributed by atoms with Gasteiger partial charge in [-0.1, -0.05) is 55.0 Å². The van der Waals surface area contributed by atoms with E-state index in [4.69, 9.17) is 28.4 Å². The summed E-state index contributed by atoms with van der Waals surface area (Å²) in [5, 5.41) is 5.56. The van der Waals surface area contributed by atoms with Crippen molar-refractivity contribution >= 4 is 31.7 Å². The van der Waals surface area contributed by atoms with Gasteiger partial charge in [-0.15, -0.1) is 0 Å². The summed E-state index contributed by atoms with van der Waals surface area (Å²) in [5.74, 6) is 1.37. The van der Waals surface area contributed by atoms with Crippen LogP contribution in [-0.4, -0.2) is 157 Å². The van der Waals surface area contributed by atoms with E-state index < -0.39 is 19.9 Å². The number of rotatable bonds is 35. The number of carbonyl (C=O) groups excluding carboxylic acids is 2. The summed E-state index contributed by atoms with van der Waals surface area (Å²) in [6.45, 7) is 3.42. The molecule has 0 fully saturated rings. The number of ether oxygens (including phenoxy) is 6. The Balaban J connectivity index is 0.681. The molecule has 2 aliphatic rings. The van der Waals surface area contributed by atoms with Gasteiger partial charge in [0.15, 0.2) is 9.84 Å². The minimum absolute atomic E-state index is 0.0367. The fourth-order valence-electron chi connectivity index (χ4n) is 9.05. The molecule has 4 aromatic carbocycles. The first-order chi connectivity index (χ1) is 35.7. The van der Waals surface area contributed by atoms with E-state index in [9.17, 15) is 26.4 Å². The number of likely N-dealkylation sites (N-methyl/N-ethyl adjacent to an activating group) is 2. The topological polar surface area (TPSA) is 200 Å². The van der Waals surface area contributed by atoms with Crippen LogP contribution in [0.25, 0.3) is 0 Å². The number of hydrogen-bond donors (Lipinski definition) is 3. The number of ketones is 1. The molecule has 0 spiro atoms. The summed E-state index contributed by atoms with van der Waals surface area (Å²) in [6, 6.07) is 29.7. The lowest BCUT2D eigenvalue weighted by Crippen LogP contribution is -2.37. The zero-order valence-electron chi connectivity index (χ0n) is 43.5. The van der Waals surface area contributed by atoms with Crippen LogP contribution < -0.4 is 24.8 Å². The smallest absolute Gasteiger partial charge is 0.314 e. The number of hydrogen-bond acceptors (Lipinski definition) is 14. The molecule has 2 amide bonds. The third kappa shape index (κ3) is 18.4. The molecule has 2 aliphatic carbocycles. The number of benzene rings is 4. The monoisotopic (exact) mass is 1060 g/mol. The molecule has 406 valence electrons. The number of nitrogens with zero attached hydrogens (tertiary/aromatic N) is 2. The summed E-state index contributed by atoms with van der Waals surface area (Å²) in [7, 11) is 0.952. The second-order valence-corrected chi connectivity index (χ2v) is 22.9. The van der Waals surface area contributed by atoms with Crippen LogP contribution in [0.4, 0.5) is 4.79 Å². The lowest BCUT2D eigenvalue weighted by atomic mass is 10.1. The predicted molar refractivity (Wildman–Crippen MR) is 284 cm³/mol.